The number of carbonyl (C=O) groups is 9. The summed E-state index contributed by atoms with van der Waals surface area (Å²) in [5.41, 5.74) is 14.4. The summed E-state index contributed by atoms with van der Waals surface area (Å²) in [6, 6.07) is 8.62. The van der Waals surface area contributed by atoms with Gasteiger partial charge in [0.05, 0.1) is 18.9 Å². The van der Waals surface area contributed by atoms with Crippen LogP contribution in [0.3, 0.4) is 0 Å². The van der Waals surface area contributed by atoms with Gasteiger partial charge in [-0.1, -0.05) is 76.2 Å². The van der Waals surface area contributed by atoms with Crippen molar-refractivity contribution in [1.82, 2.24) is 57.5 Å². The molecule has 9 amide bonds. The average Bonchev–Trinajstić information content (AvgIpc) is 3.99. The Morgan fingerprint density at radius 1 is 0.662 bits per heavy atom. The molecule has 2 heterocycles. The van der Waals surface area contributed by atoms with Gasteiger partial charge in [-0.3, -0.25) is 43.2 Å². The number of nitrogens with zero attached hydrogens (tertiary/aromatic N) is 1. The van der Waals surface area contributed by atoms with Crippen LogP contribution >= 0.6 is 0 Å². The van der Waals surface area contributed by atoms with E-state index in [1.165, 1.54) is 26.4 Å². The molecule has 0 fully saturated rings. The fourth-order valence-corrected chi connectivity index (χ4v) is 7.67. The van der Waals surface area contributed by atoms with E-state index in [-0.39, 0.29) is 50.5 Å². The molecule has 1 unspecified atom stereocenters. The fourth-order valence-electron chi connectivity index (χ4n) is 7.67. The first kappa shape index (κ1) is 56.0. The number of fused-ring (bicyclic) bond motifs is 1. The number of rotatable bonds is 28. The van der Waals surface area contributed by atoms with Crippen LogP contribution in [0.15, 0.2) is 73.3 Å². The molecule has 7 atom stereocenters. The van der Waals surface area contributed by atoms with Gasteiger partial charge in [-0.15, -0.1) is 0 Å². The first-order valence-corrected chi connectivity index (χ1v) is 23.6. The third kappa shape index (κ3) is 18.7. The van der Waals surface area contributed by atoms with Crippen molar-refractivity contribution in [2.75, 3.05) is 13.1 Å². The summed E-state index contributed by atoms with van der Waals surface area (Å²) in [7, 11) is 0. The molecule has 2 aromatic carbocycles. The second-order valence-electron chi connectivity index (χ2n) is 18.3. The number of para-hydroxylation sites is 1. The van der Waals surface area contributed by atoms with Gasteiger partial charge in [0.2, 0.25) is 53.2 Å². The van der Waals surface area contributed by atoms with Crippen LogP contribution in [0.4, 0.5) is 0 Å². The molecule has 14 N–H and O–H groups in total. The molecule has 0 aliphatic heterocycles. The summed E-state index contributed by atoms with van der Waals surface area (Å²) in [6.45, 7) is 9.65. The molecule has 22 nitrogen and oxygen atoms in total. The molecule has 71 heavy (non-hydrogen) atoms. The van der Waals surface area contributed by atoms with Gasteiger partial charge < -0.3 is 64.0 Å². The number of carbonyl (C=O) groups excluding carboxylic acids is 9. The summed E-state index contributed by atoms with van der Waals surface area (Å²) in [5.74, 6) is -6.29. The maximum Gasteiger partial charge on any atom is 0.243 e. The number of hydrogen-bond acceptors (Lipinski definition) is 11. The van der Waals surface area contributed by atoms with E-state index in [4.69, 9.17) is 11.5 Å². The summed E-state index contributed by atoms with van der Waals surface area (Å²) in [4.78, 5) is 129. The van der Waals surface area contributed by atoms with Gasteiger partial charge in [-0.05, 0) is 55.2 Å². The van der Waals surface area contributed by atoms with E-state index in [0.717, 1.165) is 16.5 Å². The minimum atomic E-state index is -1.33. The van der Waals surface area contributed by atoms with Crippen LogP contribution in [0.1, 0.15) is 77.6 Å². The Kier molecular flexibility index (Phi) is 21.7. The SMILES string of the molecule is CC(=O)NCC(CC(C)C)NC(=O)[C@H](Cc1cnc[nH]1)NC(=O)CNC(=O)[C@@H](NC(=O)[C@H](C)NC(=O)[C@H](Cc1c[nH]c2ccccc12)NC(=O)[C@H](CCC(N)=O)NC(=O)[C@H](N)Cc1ccccc1)C(C)C. The monoisotopic (exact) mass is 984 g/mol. The van der Waals surface area contributed by atoms with Gasteiger partial charge in [-0.25, -0.2) is 4.98 Å². The maximum absolute atomic E-state index is 14.1. The van der Waals surface area contributed by atoms with Gasteiger partial charge in [0.15, 0.2) is 0 Å². The number of H-pyrrole nitrogens is 2. The van der Waals surface area contributed by atoms with E-state index in [9.17, 15) is 43.2 Å². The molecule has 2 aromatic heterocycles. The van der Waals surface area contributed by atoms with Crippen LogP contribution in [0, 0.1) is 11.8 Å². The lowest BCUT2D eigenvalue weighted by atomic mass is 10.0. The zero-order chi connectivity index (χ0) is 52.2. The molecular formula is C49H69N13O9. The number of aromatic amines is 2. The van der Waals surface area contributed by atoms with E-state index in [2.05, 4.69) is 57.5 Å². The minimum Gasteiger partial charge on any atom is -0.370 e. The topological polar surface area (TPSA) is 346 Å². The van der Waals surface area contributed by atoms with Crippen molar-refractivity contribution in [3.8, 4) is 0 Å². The molecule has 4 aromatic rings. The summed E-state index contributed by atoms with van der Waals surface area (Å²) in [5, 5.41) is 22.1. The number of nitrogens with two attached hydrogens (primary N) is 2. The molecule has 4 rings (SSSR count). The van der Waals surface area contributed by atoms with Crippen LogP contribution in [-0.2, 0) is 62.4 Å². The molecule has 0 saturated carbocycles. The van der Waals surface area contributed by atoms with Gasteiger partial charge in [0, 0.05) is 67.8 Å². The molecule has 0 spiro atoms. The highest BCUT2D eigenvalue weighted by atomic mass is 16.2. The lowest BCUT2D eigenvalue weighted by Crippen LogP contribution is -2.59. The summed E-state index contributed by atoms with van der Waals surface area (Å²) < 4.78 is 0. The van der Waals surface area contributed by atoms with E-state index in [0.29, 0.717) is 17.7 Å². The Balaban J connectivity index is 1.44. The molecular weight excluding hydrogens is 915 g/mol. The van der Waals surface area contributed by atoms with Crippen molar-refractivity contribution in [3.63, 3.8) is 0 Å². The largest absolute Gasteiger partial charge is 0.370 e. The lowest BCUT2D eigenvalue weighted by Gasteiger charge is -2.27. The van der Waals surface area contributed by atoms with E-state index >= 15 is 0 Å². The van der Waals surface area contributed by atoms with Gasteiger partial charge in [0.25, 0.3) is 0 Å². The first-order chi connectivity index (χ1) is 33.7. The van der Waals surface area contributed by atoms with Crippen LogP contribution in [0.2, 0.25) is 0 Å². The van der Waals surface area contributed by atoms with Crippen molar-refractivity contribution < 1.29 is 43.2 Å². The standard InChI is InChI=1S/C49H69N13O9/c1-27(2)18-34(24-53-30(6)63)58-48(70)40(21-33-23-52-26-56-33)59-42(65)25-55-49(71)43(28(3)4)62-44(66)29(5)57-47(69)39(20-32-22-54-37-15-11-10-14-35(32)37)61-46(68)38(16-17-41(51)64)60-45(67)36(50)19-31-12-8-7-9-13-31/h7-15,22-23,26-29,34,36,38-40,43,54H,16-21,24-25,50H2,1-6H3,(H2,51,64)(H,52,56)(H,53,63)(H,55,71)(H,57,69)(H,58,70)(H,59,65)(H,60,67)(H,61,68)(H,62,66)/t29-,34?,36+,38-,39-,40-,43-/m0/s1. The van der Waals surface area contributed by atoms with E-state index < -0.39 is 102 Å². The van der Waals surface area contributed by atoms with Crippen molar-refractivity contribution in [2.45, 2.75) is 122 Å². The number of hydrogen-bond donors (Lipinski definition) is 12. The maximum atomic E-state index is 14.1. The molecule has 0 bridgehead atoms. The number of aromatic nitrogens is 3. The molecule has 0 aliphatic rings. The predicted molar refractivity (Wildman–Crippen MR) is 264 cm³/mol. The molecule has 0 radical (unpaired) electrons. The Bertz CT molecular complexity index is 2440. The number of benzene rings is 2. The Hall–Kier alpha value is -7.62. The molecule has 22 heteroatoms. The quantitative estimate of drug-likeness (QED) is 0.0341. The number of amides is 9. The molecule has 0 aliphatic carbocycles. The Labute approximate surface area is 412 Å². The van der Waals surface area contributed by atoms with Gasteiger partial charge in [-0.2, -0.15) is 0 Å². The number of imidazole rings is 1. The fraction of sp³-hybridized carbons (Fsp3) is 0.469. The van der Waals surface area contributed by atoms with E-state index in [1.807, 2.05) is 44.2 Å². The average molecular weight is 984 g/mol. The minimum absolute atomic E-state index is 0.0387. The highest BCUT2D eigenvalue weighted by Crippen LogP contribution is 2.20. The van der Waals surface area contributed by atoms with Crippen LogP contribution in [0.25, 0.3) is 10.9 Å². The Morgan fingerprint density at radius 2 is 1.31 bits per heavy atom. The number of primary amides is 1. The highest BCUT2D eigenvalue weighted by molar-refractivity contribution is 5.97. The third-order valence-corrected chi connectivity index (χ3v) is 11.4. The summed E-state index contributed by atoms with van der Waals surface area (Å²) >= 11 is 0. The van der Waals surface area contributed by atoms with Gasteiger partial charge in [0.1, 0.15) is 30.2 Å². The number of nitrogens with one attached hydrogen (secondary N) is 10. The van der Waals surface area contributed by atoms with Crippen molar-refractivity contribution >= 4 is 64.1 Å². The van der Waals surface area contributed by atoms with E-state index in [1.54, 1.807) is 44.3 Å². The zero-order valence-corrected chi connectivity index (χ0v) is 41.1. The van der Waals surface area contributed by atoms with Crippen LogP contribution in [-0.4, -0.2) is 123 Å². The van der Waals surface area contributed by atoms with Crippen molar-refractivity contribution in [1.29, 1.82) is 0 Å². The van der Waals surface area contributed by atoms with Crippen LogP contribution < -0.4 is 54.0 Å². The van der Waals surface area contributed by atoms with Crippen LogP contribution in [0.5, 0.6) is 0 Å². The van der Waals surface area contributed by atoms with Gasteiger partial charge >= 0.3 is 0 Å². The first-order valence-electron chi connectivity index (χ1n) is 23.6. The molecule has 384 valence electrons. The molecule has 0 saturated heterocycles. The Morgan fingerprint density at radius 3 is 1.96 bits per heavy atom. The zero-order valence-electron chi connectivity index (χ0n) is 41.1. The van der Waals surface area contributed by atoms with Crippen molar-refractivity contribution in [3.05, 3.63) is 90.1 Å². The summed E-state index contributed by atoms with van der Waals surface area (Å²) in [6.07, 6.45) is 4.82. The normalized spacial score (nSPS) is 14.2. The second-order valence-corrected chi connectivity index (χ2v) is 18.3. The second kappa shape index (κ2) is 27.5. The third-order valence-electron chi connectivity index (χ3n) is 11.4. The van der Waals surface area contributed by atoms with Crippen molar-refractivity contribution in [2.24, 2.45) is 23.3 Å². The lowest BCUT2D eigenvalue weighted by molar-refractivity contribution is -0.135. The smallest absolute Gasteiger partial charge is 0.243 e. The highest BCUT2D eigenvalue weighted by Gasteiger charge is 2.33. The predicted octanol–water partition coefficient (Wildman–Crippen LogP) is -0.605.